The minimum absolute atomic E-state index is 0.219. The number of hydrogen-bond donors (Lipinski definition) is 2. The molecule has 4 heterocycles. The lowest BCUT2D eigenvalue weighted by Gasteiger charge is -2.34. The number of likely N-dealkylation sites (N-methyl/N-ethyl adjacent to an activating group) is 1. The van der Waals surface area contributed by atoms with E-state index in [1.807, 2.05) is 31.2 Å². The highest BCUT2D eigenvalue weighted by Crippen LogP contribution is 2.37. The number of nitrogens with zero attached hydrogens (tertiary/aromatic N) is 7. The lowest BCUT2D eigenvalue weighted by atomic mass is 9.81. The number of rotatable bonds is 7. The maximum atomic E-state index is 13.4. The van der Waals surface area contributed by atoms with Crippen molar-refractivity contribution < 1.29 is 5.11 Å². The first-order valence-electron chi connectivity index (χ1n) is 14.0. The fourth-order valence-electron chi connectivity index (χ4n) is 5.79. The maximum absolute atomic E-state index is 13.4. The van der Waals surface area contributed by atoms with Crippen LogP contribution in [0.2, 0.25) is 0 Å². The van der Waals surface area contributed by atoms with Gasteiger partial charge in [-0.1, -0.05) is 19.1 Å². The number of aliphatic hydroxyl groups is 1. The van der Waals surface area contributed by atoms with Gasteiger partial charge in [-0.05, 0) is 68.6 Å². The first kappa shape index (κ1) is 26.2. The fraction of sp³-hybridized carbons (Fsp3) is 0.400. The first-order chi connectivity index (χ1) is 19.4. The molecule has 4 aromatic rings. The molecule has 0 bridgehead atoms. The molecule has 2 N–H and O–H groups in total. The second-order valence-corrected chi connectivity index (χ2v) is 10.8. The smallest absolute Gasteiger partial charge is 0.278 e. The van der Waals surface area contributed by atoms with Crippen molar-refractivity contribution in [3.63, 3.8) is 0 Å². The molecule has 10 nitrogen and oxygen atoms in total. The third-order valence-corrected chi connectivity index (χ3v) is 8.21. The van der Waals surface area contributed by atoms with Crippen molar-refractivity contribution in [2.45, 2.75) is 44.8 Å². The van der Waals surface area contributed by atoms with E-state index in [1.54, 1.807) is 21.6 Å². The highest BCUT2D eigenvalue weighted by atomic mass is 16.3. The zero-order valence-electron chi connectivity index (χ0n) is 23.2. The molecule has 6 rings (SSSR count). The number of anilines is 3. The summed E-state index contributed by atoms with van der Waals surface area (Å²) in [4.78, 5) is 32.2. The van der Waals surface area contributed by atoms with Crippen molar-refractivity contribution in [3.8, 4) is 5.82 Å². The minimum Gasteiger partial charge on any atom is -0.384 e. The van der Waals surface area contributed by atoms with E-state index in [0.29, 0.717) is 41.3 Å². The summed E-state index contributed by atoms with van der Waals surface area (Å²) in [5, 5.41) is 15.0. The third-order valence-electron chi connectivity index (χ3n) is 8.21. The van der Waals surface area contributed by atoms with E-state index in [4.69, 9.17) is 9.97 Å². The number of piperazine rings is 1. The van der Waals surface area contributed by atoms with Gasteiger partial charge < -0.3 is 20.2 Å². The molecule has 3 aromatic heterocycles. The maximum Gasteiger partial charge on any atom is 0.278 e. The number of benzene rings is 1. The molecule has 208 valence electrons. The van der Waals surface area contributed by atoms with E-state index in [2.05, 4.69) is 45.9 Å². The van der Waals surface area contributed by atoms with Gasteiger partial charge in [-0.3, -0.25) is 4.79 Å². The van der Waals surface area contributed by atoms with Crippen molar-refractivity contribution in [1.82, 2.24) is 29.2 Å². The molecule has 0 spiro atoms. The molecule has 1 aliphatic heterocycles. The molecular formula is C30H36N8O2. The monoisotopic (exact) mass is 540 g/mol. The number of fused-ring (bicyclic) bond motifs is 2. The summed E-state index contributed by atoms with van der Waals surface area (Å²) in [7, 11) is 2.15. The summed E-state index contributed by atoms with van der Waals surface area (Å²) in [5.74, 6) is 0.912. The molecule has 1 fully saturated rings. The van der Waals surface area contributed by atoms with Crippen LogP contribution in [0.1, 0.15) is 37.4 Å². The van der Waals surface area contributed by atoms with Crippen LogP contribution < -0.4 is 15.8 Å². The van der Waals surface area contributed by atoms with Gasteiger partial charge in [0.2, 0.25) is 5.95 Å². The SMILES string of the molecule is C=CCn1c(=O)c2cnc(Nc3ccc(N4CCN(C)CC4)cc3)nc2n1-c1ccc2c(n1)C(O)(CC)CCC2. The molecule has 10 heteroatoms. The van der Waals surface area contributed by atoms with Crippen molar-refractivity contribution >= 4 is 28.4 Å². The summed E-state index contributed by atoms with van der Waals surface area (Å²) in [6.45, 7) is 10.2. The number of aromatic nitrogens is 5. The number of allylic oxidation sites excluding steroid dienone is 1. The molecule has 0 saturated carbocycles. The number of aryl methyl sites for hydroxylation is 1. The average molecular weight is 541 g/mol. The Labute approximate surface area is 233 Å². The molecule has 2 aliphatic rings. The van der Waals surface area contributed by atoms with E-state index in [-0.39, 0.29) is 12.1 Å². The highest BCUT2D eigenvalue weighted by molar-refractivity contribution is 5.77. The average Bonchev–Trinajstić information content (AvgIpc) is 3.24. The molecule has 40 heavy (non-hydrogen) atoms. The van der Waals surface area contributed by atoms with E-state index in [0.717, 1.165) is 50.3 Å². The molecule has 1 aromatic carbocycles. The van der Waals surface area contributed by atoms with Crippen molar-refractivity contribution in [3.05, 3.63) is 76.9 Å². The zero-order valence-corrected chi connectivity index (χ0v) is 23.2. The van der Waals surface area contributed by atoms with Crippen molar-refractivity contribution in [1.29, 1.82) is 0 Å². The second kappa shape index (κ2) is 10.5. The predicted octanol–water partition coefficient (Wildman–Crippen LogP) is 3.59. The first-order valence-corrected chi connectivity index (χ1v) is 14.0. The van der Waals surface area contributed by atoms with Crippen molar-refractivity contribution in [2.75, 3.05) is 43.4 Å². The number of nitrogens with one attached hydrogen (secondary N) is 1. The van der Waals surface area contributed by atoms with Gasteiger partial charge in [-0.15, -0.1) is 6.58 Å². The van der Waals surface area contributed by atoms with Crippen LogP contribution in [0, 0.1) is 0 Å². The van der Waals surface area contributed by atoms with Crippen LogP contribution in [-0.2, 0) is 18.6 Å². The predicted molar refractivity (Wildman–Crippen MR) is 158 cm³/mol. The van der Waals surface area contributed by atoms with Crippen molar-refractivity contribution in [2.24, 2.45) is 0 Å². The fourth-order valence-corrected chi connectivity index (χ4v) is 5.79. The summed E-state index contributed by atoms with van der Waals surface area (Å²) < 4.78 is 3.27. The summed E-state index contributed by atoms with van der Waals surface area (Å²) in [5.41, 5.74) is 3.03. The molecule has 0 radical (unpaired) electrons. The van der Waals surface area contributed by atoms with Gasteiger partial charge in [-0.2, -0.15) is 4.98 Å². The molecular weight excluding hydrogens is 504 g/mol. The normalized spacial score (nSPS) is 19.5. The van der Waals surface area contributed by atoms with Gasteiger partial charge in [-0.25, -0.2) is 19.3 Å². The molecule has 0 amide bonds. The molecule has 1 aliphatic carbocycles. The minimum atomic E-state index is -0.978. The van der Waals surface area contributed by atoms with Gasteiger partial charge in [0, 0.05) is 43.8 Å². The lowest BCUT2D eigenvalue weighted by Crippen LogP contribution is -2.44. The summed E-state index contributed by atoms with van der Waals surface area (Å²) >= 11 is 0. The topological polar surface area (TPSA) is 104 Å². The zero-order chi connectivity index (χ0) is 27.9. The quantitative estimate of drug-likeness (QED) is 0.343. The van der Waals surface area contributed by atoms with Crippen LogP contribution in [0.4, 0.5) is 17.3 Å². The summed E-state index contributed by atoms with van der Waals surface area (Å²) in [6.07, 6.45) is 6.27. The Morgan fingerprint density at radius 3 is 2.60 bits per heavy atom. The Morgan fingerprint density at radius 1 is 1.10 bits per heavy atom. The van der Waals surface area contributed by atoms with Gasteiger partial charge >= 0.3 is 0 Å². The van der Waals surface area contributed by atoms with Crippen LogP contribution in [0.25, 0.3) is 16.9 Å². The Bertz CT molecular complexity index is 1600. The van der Waals surface area contributed by atoms with Gasteiger partial charge in [0.25, 0.3) is 5.56 Å². The summed E-state index contributed by atoms with van der Waals surface area (Å²) in [6, 6.07) is 12.2. The molecule has 1 atom stereocenters. The van der Waals surface area contributed by atoms with E-state index >= 15 is 0 Å². The van der Waals surface area contributed by atoms with E-state index in [1.165, 1.54) is 5.69 Å². The van der Waals surface area contributed by atoms with Crippen LogP contribution in [0.15, 0.2) is 60.0 Å². The van der Waals surface area contributed by atoms with Crippen LogP contribution in [0.5, 0.6) is 0 Å². The third kappa shape index (κ3) is 4.67. The van der Waals surface area contributed by atoms with E-state index < -0.39 is 5.60 Å². The van der Waals surface area contributed by atoms with Gasteiger partial charge in [0.15, 0.2) is 11.5 Å². The lowest BCUT2D eigenvalue weighted by molar-refractivity contribution is 0.0103. The largest absolute Gasteiger partial charge is 0.384 e. The number of hydrogen-bond acceptors (Lipinski definition) is 8. The van der Waals surface area contributed by atoms with Crippen LogP contribution in [-0.4, -0.2) is 67.5 Å². The Balaban J connectivity index is 1.37. The highest BCUT2D eigenvalue weighted by Gasteiger charge is 2.35. The van der Waals surface area contributed by atoms with Gasteiger partial charge in [0.1, 0.15) is 11.0 Å². The van der Waals surface area contributed by atoms with Crippen LogP contribution in [0.3, 0.4) is 0 Å². The van der Waals surface area contributed by atoms with Gasteiger partial charge in [0.05, 0.1) is 12.2 Å². The Hall–Kier alpha value is -4.02. The second-order valence-electron chi connectivity index (χ2n) is 10.8. The van der Waals surface area contributed by atoms with E-state index in [9.17, 15) is 9.90 Å². The Kier molecular flexibility index (Phi) is 6.89. The van der Waals surface area contributed by atoms with Crippen LogP contribution >= 0.6 is 0 Å². The number of pyridine rings is 1. The standard InChI is InChI=1S/C30H36N8O2/c1-4-15-37-28(39)24-20-31-29(32-22-9-11-23(12-10-22)36-18-16-35(3)17-19-36)34-27(24)38(37)25-13-8-21-7-6-14-30(40,5-2)26(21)33-25/h4,8-13,20,40H,1,5-7,14-19H2,2-3H3,(H,31,32,34). The Morgan fingerprint density at radius 2 is 1.88 bits per heavy atom. The molecule has 1 saturated heterocycles. The molecule has 1 unspecified atom stereocenters.